The van der Waals surface area contributed by atoms with Crippen molar-refractivity contribution in [3.8, 4) is 0 Å². The second kappa shape index (κ2) is 5.00. The van der Waals surface area contributed by atoms with E-state index >= 15 is 0 Å². The van der Waals surface area contributed by atoms with Gasteiger partial charge >= 0.3 is 0 Å². The predicted molar refractivity (Wildman–Crippen MR) is 69.5 cm³/mol. The molecule has 1 atom stereocenters. The monoisotopic (exact) mass is 227 g/mol. The van der Waals surface area contributed by atoms with Crippen molar-refractivity contribution < 1.29 is 0 Å². The van der Waals surface area contributed by atoms with Crippen molar-refractivity contribution in [2.75, 3.05) is 0 Å². The number of aryl methyl sites for hydroxylation is 2. The van der Waals surface area contributed by atoms with Crippen LogP contribution in [0.15, 0.2) is 18.2 Å². The minimum Gasteiger partial charge on any atom is -0.324 e. The number of hydrogen-bond donors (Lipinski definition) is 1. The first-order valence-corrected chi connectivity index (χ1v) is 5.14. The molecule has 0 fully saturated rings. The highest BCUT2D eigenvalue weighted by Gasteiger charge is 2.22. The van der Waals surface area contributed by atoms with Crippen LogP contribution in [0.3, 0.4) is 0 Å². The molecule has 0 spiro atoms. The molecule has 0 saturated carbocycles. The average molecular weight is 228 g/mol. The lowest BCUT2D eigenvalue weighted by molar-refractivity contribution is 0.327. The van der Waals surface area contributed by atoms with Crippen LogP contribution in [-0.4, -0.2) is 0 Å². The van der Waals surface area contributed by atoms with E-state index < -0.39 is 0 Å². The predicted octanol–water partition coefficient (Wildman–Crippen LogP) is 3.77. The van der Waals surface area contributed by atoms with Gasteiger partial charge in [-0.25, -0.2) is 0 Å². The summed E-state index contributed by atoms with van der Waals surface area (Å²) in [5.41, 5.74) is 10.2. The van der Waals surface area contributed by atoms with E-state index in [0.717, 1.165) is 0 Å². The van der Waals surface area contributed by atoms with Crippen molar-refractivity contribution in [1.29, 1.82) is 0 Å². The Hall–Kier alpha value is -0.530. The molecule has 0 aliphatic heterocycles. The molecule has 1 rings (SSSR count). The molecule has 0 aromatic heterocycles. The first-order valence-electron chi connectivity index (χ1n) is 5.14. The first-order chi connectivity index (χ1) is 6.30. The van der Waals surface area contributed by atoms with Gasteiger partial charge in [0, 0.05) is 6.04 Å². The van der Waals surface area contributed by atoms with Crippen molar-refractivity contribution >= 4 is 12.4 Å². The molecule has 0 heterocycles. The molecule has 0 saturated heterocycles. The Morgan fingerprint density at radius 2 is 1.40 bits per heavy atom. The molecule has 0 bridgehead atoms. The van der Waals surface area contributed by atoms with Crippen molar-refractivity contribution in [2.45, 2.75) is 40.7 Å². The van der Waals surface area contributed by atoms with E-state index in [1.165, 1.54) is 16.7 Å². The van der Waals surface area contributed by atoms with E-state index in [0.29, 0.717) is 0 Å². The first kappa shape index (κ1) is 14.5. The zero-order chi connectivity index (χ0) is 10.9. The summed E-state index contributed by atoms with van der Waals surface area (Å²) < 4.78 is 0. The van der Waals surface area contributed by atoms with Gasteiger partial charge in [-0.1, -0.05) is 50.1 Å². The van der Waals surface area contributed by atoms with Crippen LogP contribution in [0.4, 0.5) is 0 Å². The smallest absolute Gasteiger partial charge is 0.0344 e. The summed E-state index contributed by atoms with van der Waals surface area (Å²) in [5.74, 6) is 0. The van der Waals surface area contributed by atoms with Gasteiger partial charge in [0.15, 0.2) is 0 Å². The van der Waals surface area contributed by atoms with E-state index in [1.54, 1.807) is 0 Å². The molecular formula is C13H22ClN. The number of rotatable bonds is 1. The third-order valence-electron chi connectivity index (χ3n) is 2.54. The van der Waals surface area contributed by atoms with Crippen LogP contribution in [0.25, 0.3) is 0 Å². The Balaban J connectivity index is 0.00000196. The van der Waals surface area contributed by atoms with E-state index in [1.807, 2.05) is 0 Å². The van der Waals surface area contributed by atoms with Crippen LogP contribution >= 0.6 is 12.4 Å². The summed E-state index contributed by atoms with van der Waals surface area (Å²) in [4.78, 5) is 0. The third kappa shape index (κ3) is 3.84. The minimum atomic E-state index is 0. The molecule has 0 unspecified atom stereocenters. The van der Waals surface area contributed by atoms with Gasteiger partial charge in [0.05, 0.1) is 0 Å². The lowest BCUT2D eigenvalue weighted by Crippen LogP contribution is -2.26. The Bertz CT molecular complexity index is 306. The number of nitrogens with two attached hydrogens (primary N) is 1. The Labute approximate surface area is 99.5 Å². The van der Waals surface area contributed by atoms with Crippen LogP contribution in [0.2, 0.25) is 0 Å². The van der Waals surface area contributed by atoms with Crippen molar-refractivity contribution in [3.05, 3.63) is 34.9 Å². The molecule has 2 heteroatoms. The van der Waals surface area contributed by atoms with Crippen LogP contribution < -0.4 is 5.73 Å². The van der Waals surface area contributed by atoms with Crippen LogP contribution in [0.5, 0.6) is 0 Å². The average Bonchev–Trinajstić information content (AvgIpc) is 1.99. The molecular weight excluding hydrogens is 206 g/mol. The van der Waals surface area contributed by atoms with Crippen LogP contribution in [-0.2, 0) is 0 Å². The third-order valence-corrected chi connectivity index (χ3v) is 2.54. The second-order valence-corrected chi connectivity index (χ2v) is 5.26. The largest absolute Gasteiger partial charge is 0.324 e. The summed E-state index contributed by atoms with van der Waals surface area (Å²) in [6.07, 6.45) is 0. The molecule has 2 N–H and O–H groups in total. The quantitative estimate of drug-likeness (QED) is 0.777. The lowest BCUT2D eigenvalue weighted by atomic mass is 9.82. The molecule has 15 heavy (non-hydrogen) atoms. The van der Waals surface area contributed by atoms with Gasteiger partial charge in [-0.3, -0.25) is 0 Å². The molecule has 0 amide bonds. The minimum absolute atomic E-state index is 0. The fourth-order valence-corrected chi connectivity index (χ4v) is 1.69. The highest BCUT2D eigenvalue weighted by Crippen LogP contribution is 2.31. The number of benzene rings is 1. The molecule has 86 valence electrons. The van der Waals surface area contributed by atoms with E-state index in [2.05, 4.69) is 52.8 Å². The SMILES string of the molecule is Cc1cc(C)cc([C@@H](N)C(C)(C)C)c1.Cl. The fraction of sp³-hybridized carbons (Fsp3) is 0.538. The molecule has 1 aromatic carbocycles. The van der Waals surface area contributed by atoms with Crippen molar-refractivity contribution in [3.63, 3.8) is 0 Å². The van der Waals surface area contributed by atoms with Gasteiger partial charge < -0.3 is 5.73 Å². The zero-order valence-corrected chi connectivity index (χ0v) is 11.1. The van der Waals surface area contributed by atoms with Gasteiger partial charge in [-0.05, 0) is 24.8 Å². The fourth-order valence-electron chi connectivity index (χ4n) is 1.69. The molecule has 0 aliphatic rings. The summed E-state index contributed by atoms with van der Waals surface area (Å²) in [6.45, 7) is 10.8. The van der Waals surface area contributed by atoms with Gasteiger partial charge in [-0.15, -0.1) is 12.4 Å². The Kier molecular flexibility index (Phi) is 4.82. The second-order valence-electron chi connectivity index (χ2n) is 5.26. The maximum atomic E-state index is 6.21. The summed E-state index contributed by atoms with van der Waals surface area (Å²) in [6, 6.07) is 6.66. The van der Waals surface area contributed by atoms with Gasteiger partial charge in [0.25, 0.3) is 0 Å². The normalized spacial score (nSPS) is 13.2. The molecule has 0 radical (unpaired) electrons. The van der Waals surface area contributed by atoms with Crippen LogP contribution in [0.1, 0.15) is 43.5 Å². The number of halogens is 1. The Morgan fingerprint density at radius 3 is 1.73 bits per heavy atom. The Morgan fingerprint density at radius 1 is 1.00 bits per heavy atom. The maximum Gasteiger partial charge on any atom is 0.0344 e. The summed E-state index contributed by atoms with van der Waals surface area (Å²) >= 11 is 0. The van der Waals surface area contributed by atoms with Gasteiger partial charge in [0.1, 0.15) is 0 Å². The number of hydrogen-bond acceptors (Lipinski definition) is 1. The van der Waals surface area contributed by atoms with E-state index in [-0.39, 0.29) is 23.9 Å². The molecule has 1 nitrogen and oxygen atoms in total. The zero-order valence-electron chi connectivity index (χ0n) is 10.3. The topological polar surface area (TPSA) is 26.0 Å². The van der Waals surface area contributed by atoms with Crippen molar-refractivity contribution in [1.82, 2.24) is 0 Å². The standard InChI is InChI=1S/C13H21N.ClH/c1-9-6-10(2)8-11(7-9)12(14)13(3,4)5;/h6-8,12H,14H2,1-5H3;1H/t12-;/m1./s1. The van der Waals surface area contributed by atoms with Gasteiger partial charge in [0.2, 0.25) is 0 Å². The lowest BCUT2D eigenvalue weighted by Gasteiger charge is -2.28. The van der Waals surface area contributed by atoms with E-state index in [9.17, 15) is 0 Å². The summed E-state index contributed by atoms with van der Waals surface area (Å²) in [7, 11) is 0. The molecule has 1 aromatic rings. The van der Waals surface area contributed by atoms with E-state index in [4.69, 9.17) is 5.73 Å². The van der Waals surface area contributed by atoms with Gasteiger partial charge in [-0.2, -0.15) is 0 Å². The maximum absolute atomic E-state index is 6.21. The summed E-state index contributed by atoms with van der Waals surface area (Å²) in [5, 5.41) is 0. The van der Waals surface area contributed by atoms with Crippen molar-refractivity contribution in [2.24, 2.45) is 11.1 Å². The molecule has 0 aliphatic carbocycles. The highest BCUT2D eigenvalue weighted by molar-refractivity contribution is 5.85. The highest BCUT2D eigenvalue weighted by atomic mass is 35.5. The van der Waals surface area contributed by atoms with Crippen LogP contribution in [0, 0.1) is 19.3 Å².